The minimum Gasteiger partial charge on any atom is -0.495 e. The summed E-state index contributed by atoms with van der Waals surface area (Å²) < 4.78 is 89.7. The van der Waals surface area contributed by atoms with Crippen molar-refractivity contribution in [2.45, 2.75) is 101 Å². The number of rotatable bonds is 16. The fraction of sp³-hybridized carbons (Fsp3) is 0.569. The quantitative estimate of drug-likeness (QED) is 0.0731. The van der Waals surface area contributed by atoms with Crippen molar-refractivity contribution in [3.05, 3.63) is 80.3 Å². The van der Waals surface area contributed by atoms with E-state index in [0.717, 1.165) is 96.5 Å². The van der Waals surface area contributed by atoms with Crippen LogP contribution in [0.5, 0.6) is 11.5 Å². The van der Waals surface area contributed by atoms with Crippen LogP contribution in [-0.4, -0.2) is 178 Å². The third-order valence-corrected chi connectivity index (χ3v) is 18.4. The van der Waals surface area contributed by atoms with E-state index in [9.17, 15) is 30.8 Å². The van der Waals surface area contributed by atoms with Crippen LogP contribution >= 0.6 is 34.8 Å². The Hall–Kier alpha value is -4.83. The minimum absolute atomic E-state index is 0.00512. The number of nitrogens with two attached hydrogens (primary N) is 1. The monoisotopic (exact) mass is 1200 g/mol. The molecule has 0 spiro atoms. The van der Waals surface area contributed by atoms with Crippen molar-refractivity contribution in [1.29, 1.82) is 0 Å². The molecule has 4 aromatic rings. The standard InChI is InChI=1S/C26H36ClFN6O4S.C18H20Cl2FN5O2.C7H16N2O2S/c1-33-10-8-17(9-11-33)30-25(35)18-13-24(38-3)22(14-20(18)28)32-26-29-15-19(27)21(31-26)12-16-6-5-7-23(16)34(2)39(4,36)37;1-26-5-3-10(4-6-26)23-17(27)11-7-15(28-2)14(8-13(11)21)24-18-22-9-12(19)16(20)25-18;1-9(12(2,10)11)7-5-3-4-6(7)8/h13-17,23H,5-12H2,1-4H3,(H,30,35)(H,29,31,32);7-10H,3-6H2,1-2H3,(H,23,27)(H,22,24,25);6-7H,3-5,8H2,1-2H3/t16-,23+;;6-,7-/m0.1/s1. The molecule has 4 heterocycles. The van der Waals surface area contributed by atoms with Gasteiger partial charge in [-0.1, -0.05) is 47.6 Å². The summed E-state index contributed by atoms with van der Waals surface area (Å²) in [5.74, 6) is -1.45. The third-order valence-electron chi connectivity index (χ3n) is 14.8. The van der Waals surface area contributed by atoms with E-state index in [0.29, 0.717) is 17.1 Å². The van der Waals surface area contributed by atoms with E-state index in [1.807, 2.05) is 14.1 Å². The molecule has 2 saturated carbocycles. The van der Waals surface area contributed by atoms with Crippen molar-refractivity contribution in [2.24, 2.45) is 11.7 Å². The maximum atomic E-state index is 15.1. The molecule has 6 N–H and O–H groups in total. The Kier molecular flexibility index (Phi) is 22.6. The summed E-state index contributed by atoms with van der Waals surface area (Å²) in [6.07, 6.45) is 14.4. The second-order valence-corrected chi connectivity index (χ2v) is 25.7. The van der Waals surface area contributed by atoms with Crippen molar-refractivity contribution >= 4 is 89.9 Å². The highest BCUT2D eigenvalue weighted by molar-refractivity contribution is 7.88. The number of carbonyl (C=O) groups excluding carboxylic acids is 2. The van der Waals surface area contributed by atoms with Gasteiger partial charge in [0.05, 0.1) is 77.4 Å². The van der Waals surface area contributed by atoms with Gasteiger partial charge in [-0.2, -0.15) is 4.98 Å². The lowest BCUT2D eigenvalue weighted by Gasteiger charge is -2.29. The van der Waals surface area contributed by atoms with Gasteiger partial charge in [0, 0.05) is 56.4 Å². The Morgan fingerprint density at radius 2 is 1.10 bits per heavy atom. The summed E-state index contributed by atoms with van der Waals surface area (Å²) in [4.78, 5) is 46.5. The zero-order valence-corrected chi connectivity index (χ0v) is 49.6. The number of likely N-dealkylation sites (tertiary alicyclic amines) is 2. The Morgan fingerprint density at radius 1 is 0.671 bits per heavy atom. The topological polar surface area (TPSA) is 260 Å². The number of methoxy groups -OCH3 is 2. The summed E-state index contributed by atoms with van der Waals surface area (Å²) in [6, 6.07) is 4.98. The fourth-order valence-corrected chi connectivity index (χ4v) is 11.9. The van der Waals surface area contributed by atoms with Crippen molar-refractivity contribution < 1.29 is 44.7 Å². The maximum Gasteiger partial charge on any atom is 0.254 e. The molecule has 4 atom stereocenters. The highest BCUT2D eigenvalue weighted by Crippen LogP contribution is 2.36. The number of likely N-dealkylation sites (N-methyl/N-ethyl adjacent to an activating group) is 1. The van der Waals surface area contributed by atoms with Gasteiger partial charge in [-0.3, -0.25) is 9.59 Å². The Labute approximate surface area is 477 Å². The molecule has 79 heavy (non-hydrogen) atoms. The lowest BCUT2D eigenvalue weighted by molar-refractivity contribution is 0.0904. The molecule has 2 aliphatic carbocycles. The molecule has 2 aromatic carbocycles. The van der Waals surface area contributed by atoms with Crippen LogP contribution in [0.4, 0.5) is 32.1 Å². The molecule has 0 unspecified atom stereocenters. The van der Waals surface area contributed by atoms with Gasteiger partial charge >= 0.3 is 0 Å². The molecule has 2 amide bonds. The summed E-state index contributed by atoms with van der Waals surface area (Å²) in [5, 5.41) is 12.2. The molecule has 4 fully saturated rings. The van der Waals surface area contributed by atoms with Crippen LogP contribution in [0.3, 0.4) is 0 Å². The highest BCUT2D eigenvalue weighted by Gasteiger charge is 2.36. The fourth-order valence-electron chi connectivity index (χ4n) is 9.97. The van der Waals surface area contributed by atoms with E-state index in [1.165, 1.54) is 65.9 Å². The van der Waals surface area contributed by atoms with Crippen LogP contribution in [0.15, 0.2) is 36.7 Å². The van der Waals surface area contributed by atoms with Crippen molar-refractivity contribution in [2.75, 3.05) is 91.7 Å². The molecule has 2 aromatic heterocycles. The van der Waals surface area contributed by atoms with Crippen LogP contribution in [0.2, 0.25) is 15.2 Å². The second-order valence-electron chi connectivity index (χ2n) is 20.4. The molecule has 4 aliphatic rings. The Bertz CT molecular complexity index is 3000. The molecule has 21 nitrogen and oxygen atoms in total. The van der Waals surface area contributed by atoms with Crippen molar-refractivity contribution in [3.8, 4) is 11.5 Å². The minimum atomic E-state index is -3.33. The number of benzene rings is 2. The van der Waals surface area contributed by atoms with E-state index >= 15 is 4.39 Å². The first kappa shape index (κ1) is 63.4. The van der Waals surface area contributed by atoms with Gasteiger partial charge in [-0.25, -0.2) is 49.2 Å². The first-order valence-electron chi connectivity index (χ1n) is 25.8. The number of sulfonamides is 2. The molecule has 2 saturated heterocycles. The van der Waals surface area contributed by atoms with Gasteiger partial charge < -0.3 is 46.3 Å². The van der Waals surface area contributed by atoms with Gasteiger partial charge in [0.2, 0.25) is 31.9 Å². The number of amides is 2. The second kappa shape index (κ2) is 28.2. The van der Waals surface area contributed by atoms with Crippen LogP contribution in [-0.2, 0) is 26.5 Å². The molecular formula is C51H72Cl3F2N13O8S2. The molecule has 436 valence electrons. The van der Waals surface area contributed by atoms with Gasteiger partial charge in [-0.15, -0.1) is 0 Å². The van der Waals surface area contributed by atoms with Crippen LogP contribution < -0.4 is 36.5 Å². The summed E-state index contributed by atoms with van der Waals surface area (Å²) in [5.41, 5.74) is 6.67. The van der Waals surface area contributed by atoms with Gasteiger partial charge in [0.1, 0.15) is 23.1 Å². The molecule has 8 rings (SSSR count). The average molecular weight is 1200 g/mol. The molecular weight excluding hydrogens is 1130 g/mol. The highest BCUT2D eigenvalue weighted by atomic mass is 35.5. The predicted molar refractivity (Wildman–Crippen MR) is 303 cm³/mol. The maximum absolute atomic E-state index is 15.1. The number of nitrogens with zero attached hydrogens (tertiary/aromatic N) is 8. The number of nitrogens with one attached hydrogen (secondary N) is 4. The SMILES string of the molecule is CN([C@@H]1CCC[C@H]1N)S(C)(=O)=O.COc1cc(C(=O)NC2CCN(C)CC2)c(F)cc1Nc1ncc(Cl)c(C[C@@H]2CCC[C@H]2N(C)S(C)(=O)=O)n1.COc1cc(C(=O)NC2CCN(C)CC2)c(F)cc1Nc1ncc(Cl)c(Cl)n1. The zero-order chi connectivity index (χ0) is 57.9. The van der Waals surface area contributed by atoms with Gasteiger partial charge in [0.25, 0.3) is 11.8 Å². The number of halogens is 5. The third kappa shape index (κ3) is 17.6. The smallest absolute Gasteiger partial charge is 0.254 e. The average Bonchev–Trinajstić information content (AvgIpc) is 4.06. The van der Waals surface area contributed by atoms with Crippen LogP contribution in [0.25, 0.3) is 0 Å². The number of hydrogen-bond acceptors (Lipinski definition) is 17. The normalized spacial score (nSPS) is 20.5. The molecule has 0 radical (unpaired) electrons. The molecule has 28 heteroatoms. The lowest BCUT2D eigenvalue weighted by Crippen LogP contribution is -2.44. The van der Waals surface area contributed by atoms with Crippen LogP contribution in [0, 0.1) is 17.6 Å². The Balaban J connectivity index is 0.000000218. The van der Waals surface area contributed by atoms with E-state index in [2.05, 4.69) is 51.0 Å². The van der Waals surface area contributed by atoms with E-state index in [1.54, 1.807) is 14.1 Å². The van der Waals surface area contributed by atoms with E-state index in [4.69, 9.17) is 50.0 Å². The summed E-state index contributed by atoms with van der Waals surface area (Å²) in [6.45, 7) is 3.53. The van der Waals surface area contributed by atoms with Gasteiger partial charge in [-0.05, 0) is 116 Å². The number of anilines is 4. The predicted octanol–water partition coefficient (Wildman–Crippen LogP) is 6.70. The van der Waals surface area contributed by atoms with Crippen molar-refractivity contribution in [1.82, 2.24) is 49.0 Å². The first-order chi connectivity index (χ1) is 37.2. The molecule has 2 aliphatic heterocycles. The van der Waals surface area contributed by atoms with Crippen molar-refractivity contribution in [3.63, 3.8) is 0 Å². The lowest BCUT2D eigenvalue weighted by atomic mass is 9.97. The van der Waals surface area contributed by atoms with Crippen LogP contribution in [0.1, 0.15) is 90.6 Å². The number of piperidine rings is 2. The number of aromatic nitrogens is 4. The number of ether oxygens (including phenoxy) is 2. The Morgan fingerprint density at radius 3 is 1.53 bits per heavy atom. The molecule has 0 bridgehead atoms. The van der Waals surface area contributed by atoms with E-state index < -0.39 is 43.5 Å². The number of hydrogen-bond donors (Lipinski definition) is 5. The van der Waals surface area contributed by atoms with E-state index in [-0.39, 0.29) is 92.2 Å². The summed E-state index contributed by atoms with van der Waals surface area (Å²) >= 11 is 18.1. The first-order valence-corrected chi connectivity index (χ1v) is 30.7. The number of carbonyl (C=O) groups is 2. The largest absolute Gasteiger partial charge is 0.495 e. The summed E-state index contributed by atoms with van der Waals surface area (Å²) in [7, 11) is 3.74. The van der Waals surface area contributed by atoms with Gasteiger partial charge in [0.15, 0.2) is 5.15 Å². The zero-order valence-electron chi connectivity index (χ0n) is 45.7.